The van der Waals surface area contributed by atoms with Gasteiger partial charge in [0.05, 0.1) is 0 Å². The van der Waals surface area contributed by atoms with Gasteiger partial charge in [-0.25, -0.2) is 0 Å². The summed E-state index contributed by atoms with van der Waals surface area (Å²) < 4.78 is 5.13. The predicted molar refractivity (Wildman–Crippen MR) is 49.6 cm³/mol. The molecule has 0 N–H and O–H groups in total. The zero-order valence-corrected chi connectivity index (χ0v) is 7.77. The van der Waals surface area contributed by atoms with Crippen molar-refractivity contribution >= 4 is 0 Å². The predicted octanol–water partition coefficient (Wildman–Crippen LogP) is 3.20. The number of hydrogen-bond acceptors (Lipinski definition) is 1. The van der Waals surface area contributed by atoms with Crippen LogP contribution in [0.1, 0.15) is 45.4 Å². The molecule has 0 bridgehead atoms. The fourth-order valence-electron chi connectivity index (χ4n) is 1.09. The molecule has 0 aliphatic carbocycles. The Morgan fingerprint density at radius 3 is 2.27 bits per heavy atom. The van der Waals surface area contributed by atoms with Gasteiger partial charge in [-0.3, -0.25) is 0 Å². The van der Waals surface area contributed by atoms with E-state index in [1.54, 1.807) is 0 Å². The minimum Gasteiger partial charge on any atom is -0.381 e. The first-order valence-corrected chi connectivity index (χ1v) is 4.78. The van der Waals surface area contributed by atoms with Gasteiger partial charge in [0.25, 0.3) is 0 Å². The lowest BCUT2D eigenvalue weighted by Crippen LogP contribution is -1.92. The Kier molecular flexibility index (Phi) is 9.92. The van der Waals surface area contributed by atoms with E-state index in [1.165, 1.54) is 38.5 Å². The van der Waals surface area contributed by atoms with E-state index < -0.39 is 0 Å². The molecule has 1 radical (unpaired) electrons. The lowest BCUT2D eigenvalue weighted by atomic mass is 10.1. The van der Waals surface area contributed by atoms with Crippen molar-refractivity contribution in [2.45, 2.75) is 45.4 Å². The maximum Gasteiger partial charge on any atom is 0.0466 e. The highest BCUT2D eigenvalue weighted by molar-refractivity contribution is 4.43. The first-order chi connectivity index (χ1) is 5.41. The SMILES string of the molecule is [CH2]COCCCCCCCC. The van der Waals surface area contributed by atoms with Crippen LogP contribution < -0.4 is 0 Å². The lowest BCUT2D eigenvalue weighted by Gasteiger charge is -2.00. The van der Waals surface area contributed by atoms with Gasteiger partial charge in [-0.15, -0.1) is 0 Å². The van der Waals surface area contributed by atoms with Crippen molar-refractivity contribution in [1.29, 1.82) is 0 Å². The molecule has 0 spiro atoms. The van der Waals surface area contributed by atoms with Crippen LogP contribution in [-0.2, 0) is 4.74 Å². The molecule has 0 heterocycles. The Balaban J connectivity index is 2.69. The summed E-state index contributed by atoms with van der Waals surface area (Å²) in [5.41, 5.74) is 0. The summed E-state index contributed by atoms with van der Waals surface area (Å²) in [5, 5.41) is 0. The van der Waals surface area contributed by atoms with E-state index in [-0.39, 0.29) is 0 Å². The Bertz CT molecular complexity index is 53.9. The van der Waals surface area contributed by atoms with Crippen LogP contribution in [0.5, 0.6) is 0 Å². The third-order valence-corrected chi connectivity index (χ3v) is 1.79. The molecule has 0 aromatic heterocycles. The van der Waals surface area contributed by atoms with Gasteiger partial charge in [-0.05, 0) is 13.3 Å². The van der Waals surface area contributed by atoms with Gasteiger partial charge in [0.1, 0.15) is 0 Å². The van der Waals surface area contributed by atoms with Crippen molar-refractivity contribution in [3.05, 3.63) is 6.92 Å². The van der Waals surface area contributed by atoms with Gasteiger partial charge in [0.15, 0.2) is 0 Å². The van der Waals surface area contributed by atoms with E-state index in [9.17, 15) is 0 Å². The van der Waals surface area contributed by atoms with Crippen LogP contribution >= 0.6 is 0 Å². The monoisotopic (exact) mass is 157 g/mol. The smallest absolute Gasteiger partial charge is 0.0466 e. The Morgan fingerprint density at radius 1 is 1.00 bits per heavy atom. The normalized spacial score (nSPS) is 10.4. The summed E-state index contributed by atoms with van der Waals surface area (Å²) in [4.78, 5) is 0. The van der Waals surface area contributed by atoms with Crippen LogP contribution in [0, 0.1) is 6.92 Å². The summed E-state index contributed by atoms with van der Waals surface area (Å²) in [7, 11) is 0. The van der Waals surface area contributed by atoms with Crippen molar-refractivity contribution in [3.63, 3.8) is 0 Å². The Hall–Kier alpha value is -0.0400. The maximum absolute atomic E-state index is 5.13. The topological polar surface area (TPSA) is 9.23 Å². The van der Waals surface area contributed by atoms with Crippen LogP contribution in [0.25, 0.3) is 0 Å². The van der Waals surface area contributed by atoms with E-state index in [4.69, 9.17) is 4.74 Å². The fraction of sp³-hybridized carbons (Fsp3) is 0.900. The molecule has 0 saturated carbocycles. The van der Waals surface area contributed by atoms with E-state index in [2.05, 4.69) is 13.8 Å². The zero-order valence-electron chi connectivity index (χ0n) is 7.77. The molecule has 0 aliphatic rings. The van der Waals surface area contributed by atoms with Crippen molar-refractivity contribution in [2.24, 2.45) is 0 Å². The van der Waals surface area contributed by atoms with Crippen molar-refractivity contribution < 1.29 is 4.74 Å². The van der Waals surface area contributed by atoms with Gasteiger partial charge in [-0.2, -0.15) is 0 Å². The molecule has 0 aliphatic heterocycles. The van der Waals surface area contributed by atoms with Crippen LogP contribution in [0.4, 0.5) is 0 Å². The van der Waals surface area contributed by atoms with Gasteiger partial charge >= 0.3 is 0 Å². The van der Waals surface area contributed by atoms with E-state index in [0.717, 1.165) is 6.61 Å². The molecule has 1 nitrogen and oxygen atoms in total. The first kappa shape index (κ1) is 11.0. The fourth-order valence-corrected chi connectivity index (χ4v) is 1.09. The van der Waals surface area contributed by atoms with Gasteiger partial charge < -0.3 is 4.74 Å². The average Bonchev–Trinajstić information content (AvgIpc) is 2.03. The minimum atomic E-state index is 0.620. The second kappa shape index (κ2) is 9.96. The Labute approximate surface area is 71.1 Å². The van der Waals surface area contributed by atoms with Crippen molar-refractivity contribution in [3.8, 4) is 0 Å². The maximum atomic E-state index is 5.13. The van der Waals surface area contributed by atoms with Crippen LogP contribution in [0.15, 0.2) is 0 Å². The summed E-state index contributed by atoms with van der Waals surface area (Å²) in [5.74, 6) is 0. The van der Waals surface area contributed by atoms with E-state index in [1.807, 2.05) is 0 Å². The molecule has 67 valence electrons. The van der Waals surface area contributed by atoms with Crippen molar-refractivity contribution in [1.82, 2.24) is 0 Å². The zero-order chi connectivity index (χ0) is 8.36. The summed E-state index contributed by atoms with van der Waals surface area (Å²) in [6.45, 7) is 7.37. The van der Waals surface area contributed by atoms with Gasteiger partial charge in [0.2, 0.25) is 0 Å². The molecule has 0 fully saturated rings. The molecule has 0 aromatic carbocycles. The molecule has 0 amide bonds. The first-order valence-electron chi connectivity index (χ1n) is 4.78. The van der Waals surface area contributed by atoms with Gasteiger partial charge in [-0.1, -0.05) is 39.0 Å². The third-order valence-electron chi connectivity index (χ3n) is 1.79. The number of unbranched alkanes of at least 4 members (excludes halogenated alkanes) is 5. The largest absolute Gasteiger partial charge is 0.381 e. The summed E-state index contributed by atoms with van der Waals surface area (Å²) >= 11 is 0. The quantitative estimate of drug-likeness (QED) is 0.492. The number of rotatable bonds is 8. The van der Waals surface area contributed by atoms with E-state index >= 15 is 0 Å². The molecular weight excluding hydrogens is 136 g/mol. The molecule has 0 unspecified atom stereocenters. The van der Waals surface area contributed by atoms with E-state index in [0.29, 0.717) is 6.61 Å². The van der Waals surface area contributed by atoms with Gasteiger partial charge in [0, 0.05) is 13.2 Å². The number of ether oxygens (including phenoxy) is 1. The highest BCUT2D eigenvalue weighted by Crippen LogP contribution is 2.04. The van der Waals surface area contributed by atoms with Crippen molar-refractivity contribution in [2.75, 3.05) is 13.2 Å². The van der Waals surface area contributed by atoms with Crippen LogP contribution in [0.3, 0.4) is 0 Å². The summed E-state index contributed by atoms with van der Waals surface area (Å²) in [6, 6.07) is 0. The molecule has 1 heteroatoms. The Morgan fingerprint density at radius 2 is 1.64 bits per heavy atom. The highest BCUT2D eigenvalue weighted by atomic mass is 16.5. The molecule has 0 rings (SSSR count). The van der Waals surface area contributed by atoms with Crippen LogP contribution in [0.2, 0.25) is 0 Å². The highest BCUT2D eigenvalue weighted by Gasteiger charge is 1.88. The lowest BCUT2D eigenvalue weighted by molar-refractivity contribution is 0.156. The molecule has 11 heavy (non-hydrogen) atoms. The number of hydrogen-bond donors (Lipinski definition) is 0. The minimum absolute atomic E-state index is 0.620. The molecule has 0 saturated heterocycles. The standard InChI is InChI=1S/C10H21O/c1-3-5-6-7-8-9-10-11-4-2/h2-10H2,1H3. The second-order valence-corrected chi connectivity index (χ2v) is 2.88. The molecular formula is C10H21O. The average molecular weight is 157 g/mol. The molecule has 0 atom stereocenters. The molecule has 0 aromatic rings. The van der Waals surface area contributed by atoms with Crippen LogP contribution in [-0.4, -0.2) is 13.2 Å². The second-order valence-electron chi connectivity index (χ2n) is 2.88. The third kappa shape index (κ3) is 9.96. The summed E-state index contributed by atoms with van der Waals surface area (Å²) in [6.07, 6.45) is 8.00.